The number of carbonyl (C=O) groups is 2. The van der Waals surface area contributed by atoms with E-state index in [1.54, 1.807) is 60.7 Å². The fourth-order valence-corrected chi connectivity index (χ4v) is 6.38. The molecule has 1 unspecified atom stereocenters. The zero-order valence-electron chi connectivity index (χ0n) is 17.8. The number of benzene rings is 2. The van der Waals surface area contributed by atoms with Crippen LogP contribution in [0.15, 0.2) is 77.0 Å². The molecule has 0 aliphatic carbocycles. The molecule has 9 heteroatoms. The minimum Gasteiger partial charge on any atom is -0.449 e. The van der Waals surface area contributed by atoms with Crippen molar-refractivity contribution in [2.45, 2.75) is 16.7 Å². The van der Waals surface area contributed by atoms with E-state index >= 15 is 0 Å². The van der Waals surface area contributed by atoms with Crippen LogP contribution in [0.5, 0.6) is 0 Å². The molecule has 1 aromatic heterocycles. The maximum atomic E-state index is 13.1. The Kier molecular flexibility index (Phi) is 7.34. The molecule has 7 nitrogen and oxygen atoms in total. The number of Topliss-reactive ketones (excluding diaryl/α,β-unsaturated/α-hetero) is 1. The van der Waals surface area contributed by atoms with Gasteiger partial charge in [-0.05, 0) is 12.1 Å². The topological polar surface area (TPSA) is 90.0 Å². The van der Waals surface area contributed by atoms with Crippen LogP contribution in [0.25, 0.3) is 0 Å². The van der Waals surface area contributed by atoms with Gasteiger partial charge < -0.3 is 9.47 Å². The van der Waals surface area contributed by atoms with E-state index in [4.69, 9.17) is 9.47 Å². The van der Waals surface area contributed by atoms with E-state index in [9.17, 15) is 18.0 Å². The van der Waals surface area contributed by atoms with Crippen molar-refractivity contribution in [2.24, 2.45) is 0 Å². The normalized spacial score (nSPS) is 15.6. The van der Waals surface area contributed by atoms with E-state index in [0.717, 1.165) is 11.3 Å². The second kappa shape index (κ2) is 10.4. The average Bonchev–Trinajstić information content (AvgIpc) is 3.33. The van der Waals surface area contributed by atoms with Gasteiger partial charge >= 0.3 is 5.97 Å². The third-order valence-electron chi connectivity index (χ3n) is 5.17. The molecule has 1 aliphatic heterocycles. The molecule has 2 aromatic carbocycles. The molecular formula is C24H23NO6S2. The maximum Gasteiger partial charge on any atom is 0.312 e. The van der Waals surface area contributed by atoms with Crippen molar-refractivity contribution in [3.8, 4) is 0 Å². The predicted molar refractivity (Wildman–Crippen MR) is 124 cm³/mol. The Morgan fingerprint density at radius 1 is 0.939 bits per heavy atom. The summed E-state index contributed by atoms with van der Waals surface area (Å²) in [5.74, 6) is -0.929. The molecule has 4 rings (SSSR count). The molecule has 0 spiro atoms. The minimum atomic E-state index is -3.63. The molecule has 1 atom stereocenters. The average molecular weight is 486 g/mol. The fourth-order valence-electron chi connectivity index (χ4n) is 3.48. The third kappa shape index (κ3) is 5.56. The van der Waals surface area contributed by atoms with Gasteiger partial charge in [0.15, 0.2) is 6.10 Å². The Morgan fingerprint density at radius 2 is 1.58 bits per heavy atom. The van der Waals surface area contributed by atoms with Crippen LogP contribution in [0, 0.1) is 0 Å². The molecule has 0 amide bonds. The summed E-state index contributed by atoms with van der Waals surface area (Å²) in [4.78, 5) is 26.4. The third-order valence-corrected chi connectivity index (χ3v) is 8.62. The first-order valence-corrected chi connectivity index (χ1v) is 12.7. The summed E-state index contributed by atoms with van der Waals surface area (Å²) >= 11 is 1.03. The summed E-state index contributed by atoms with van der Waals surface area (Å²) in [7, 11) is -3.63. The number of hydrogen-bond donors (Lipinski definition) is 0. The highest BCUT2D eigenvalue weighted by Gasteiger charge is 2.29. The van der Waals surface area contributed by atoms with Gasteiger partial charge in [0.2, 0.25) is 5.78 Å². The summed E-state index contributed by atoms with van der Waals surface area (Å²) < 4.78 is 38.0. The molecule has 3 aromatic rings. The van der Waals surface area contributed by atoms with Crippen LogP contribution in [-0.2, 0) is 30.7 Å². The van der Waals surface area contributed by atoms with Gasteiger partial charge in [-0.1, -0.05) is 60.7 Å². The van der Waals surface area contributed by atoms with E-state index < -0.39 is 22.1 Å². The highest BCUT2D eigenvalue weighted by molar-refractivity contribution is 7.91. The second-order valence-corrected chi connectivity index (χ2v) is 10.8. The van der Waals surface area contributed by atoms with Crippen LogP contribution >= 0.6 is 11.3 Å². The molecule has 0 radical (unpaired) electrons. The fraction of sp³-hybridized carbons (Fsp3) is 0.250. The van der Waals surface area contributed by atoms with Gasteiger partial charge in [0.25, 0.3) is 10.0 Å². The number of carbonyl (C=O) groups excluding carboxylic acids is 2. The first kappa shape index (κ1) is 23.3. The standard InChI is InChI=1S/C24H23NO6S2/c26-21(17-20-11-12-22(32-20)33(28,29)25-13-15-30-16-14-25)31-24(19-9-5-2-6-10-19)23(27)18-7-3-1-4-8-18/h1-12,24H,13-17H2. The molecule has 0 saturated carbocycles. The minimum absolute atomic E-state index is 0.130. The monoisotopic (exact) mass is 485 g/mol. The van der Waals surface area contributed by atoms with Gasteiger partial charge in [0, 0.05) is 29.1 Å². The van der Waals surface area contributed by atoms with Crippen LogP contribution < -0.4 is 0 Å². The predicted octanol–water partition coefficient (Wildman–Crippen LogP) is 3.48. The van der Waals surface area contributed by atoms with E-state index in [1.165, 1.54) is 10.4 Å². The Labute approximate surface area is 196 Å². The first-order valence-electron chi connectivity index (χ1n) is 10.5. The van der Waals surface area contributed by atoms with Gasteiger partial charge in [-0.25, -0.2) is 8.42 Å². The van der Waals surface area contributed by atoms with Gasteiger partial charge in [-0.3, -0.25) is 9.59 Å². The van der Waals surface area contributed by atoms with Crippen LogP contribution in [0.2, 0.25) is 0 Å². The van der Waals surface area contributed by atoms with Gasteiger partial charge in [-0.15, -0.1) is 11.3 Å². The zero-order chi connectivity index (χ0) is 23.3. The SMILES string of the molecule is O=C(Cc1ccc(S(=O)(=O)N2CCOCC2)s1)OC(C(=O)c1ccccc1)c1ccccc1. The van der Waals surface area contributed by atoms with Crippen LogP contribution in [0.3, 0.4) is 0 Å². The van der Waals surface area contributed by atoms with Crippen LogP contribution in [-0.4, -0.2) is 50.8 Å². The first-order chi connectivity index (χ1) is 15.9. The largest absolute Gasteiger partial charge is 0.449 e. The van der Waals surface area contributed by atoms with E-state index in [1.807, 2.05) is 6.07 Å². The summed E-state index contributed by atoms with van der Waals surface area (Å²) in [6.45, 7) is 1.33. The lowest BCUT2D eigenvalue weighted by molar-refractivity contribution is -0.146. The second-order valence-electron chi connectivity index (χ2n) is 7.42. The molecule has 1 aliphatic rings. The summed E-state index contributed by atoms with van der Waals surface area (Å²) in [6, 6.07) is 20.6. The molecule has 2 heterocycles. The molecule has 172 valence electrons. The molecule has 0 bridgehead atoms. The summed E-state index contributed by atoms with van der Waals surface area (Å²) in [5.41, 5.74) is 1.01. The van der Waals surface area contributed by atoms with Crippen molar-refractivity contribution in [3.05, 3.63) is 88.8 Å². The quantitative estimate of drug-likeness (QED) is 0.359. The number of rotatable bonds is 8. The highest BCUT2D eigenvalue weighted by Crippen LogP contribution is 2.28. The zero-order valence-corrected chi connectivity index (χ0v) is 19.4. The Hall–Kier alpha value is -2.85. The number of morpholine rings is 1. The molecule has 1 fully saturated rings. The van der Waals surface area contributed by atoms with E-state index in [0.29, 0.717) is 42.3 Å². The number of sulfonamides is 1. The van der Waals surface area contributed by atoms with Crippen LogP contribution in [0.4, 0.5) is 0 Å². The lowest BCUT2D eigenvalue weighted by Gasteiger charge is -2.25. The number of ether oxygens (including phenoxy) is 2. The van der Waals surface area contributed by atoms with Gasteiger partial charge in [-0.2, -0.15) is 4.31 Å². The van der Waals surface area contributed by atoms with Crippen LogP contribution in [0.1, 0.15) is 26.9 Å². The number of hydrogen-bond acceptors (Lipinski definition) is 7. The van der Waals surface area contributed by atoms with Crippen molar-refractivity contribution in [3.63, 3.8) is 0 Å². The highest BCUT2D eigenvalue weighted by atomic mass is 32.2. The Balaban J connectivity index is 1.49. The number of nitrogens with zero attached hydrogens (tertiary/aromatic N) is 1. The number of esters is 1. The molecule has 33 heavy (non-hydrogen) atoms. The van der Waals surface area contributed by atoms with E-state index in [2.05, 4.69) is 0 Å². The lowest BCUT2D eigenvalue weighted by Crippen LogP contribution is -2.40. The molecule has 1 saturated heterocycles. The summed E-state index contributed by atoms with van der Waals surface area (Å²) in [6.07, 6.45) is -1.22. The van der Waals surface area contributed by atoms with Gasteiger partial charge in [0.05, 0.1) is 19.6 Å². The van der Waals surface area contributed by atoms with Crippen molar-refractivity contribution in [1.82, 2.24) is 4.31 Å². The maximum absolute atomic E-state index is 13.1. The Morgan fingerprint density at radius 3 is 2.24 bits per heavy atom. The van der Waals surface area contributed by atoms with Crippen molar-refractivity contribution < 1.29 is 27.5 Å². The number of ketones is 1. The van der Waals surface area contributed by atoms with Gasteiger partial charge in [0.1, 0.15) is 4.21 Å². The Bertz CT molecular complexity index is 1200. The summed E-state index contributed by atoms with van der Waals surface area (Å²) in [5, 5.41) is 0. The molecule has 0 N–H and O–H groups in total. The van der Waals surface area contributed by atoms with Crippen molar-refractivity contribution >= 4 is 33.1 Å². The van der Waals surface area contributed by atoms with Crippen molar-refractivity contribution in [1.29, 1.82) is 0 Å². The van der Waals surface area contributed by atoms with E-state index in [-0.39, 0.29) is 16.4 Å². The smallest absolute Gasteiger partial charge is 0.312 e. The molecular weight excluding hydrogens is 462 g/mol. The van der Waals surface area contributed by atoms with Crippen molar-refractivity contribution in [2.75, 3.05) is 26.3 Å². The number of thiophene rings is 1. The lowest BCUT2D eigenvalue weighted by atomic mass is 10.00.